The number of nitrogens with zero attached hydrogens (tertiary/aromatic N) is 4. The van der Waals surface area contributed by atoms with Crippen LogP contribution >= 0.6 is 0 Å². The molecule has 0 aromatic carbocycles. The summed E-state index contributed by atoms with van der Waals surface area (Å²) >= 11 is 0. The number of likely N-dealkylation sites (tertiary alicyclic amines) is 1. The summed E-state index contributed by atoms with van der Waals surface area (Å²) in [4.78, 5) is 33.0. The molecule has 0 spiro atoms. The van der Waals surface area contributed by atoms with Crippen molar-refractivity contribution in [2.45, 2.75) is 25.3 Å². The van der Waals surface area contributed by atoms with Crippen molar-refractivity contribution < 1.29 is 18.4 Å². The van der Waals surface area contributed by atoms with Crippen molar-refractivity contribution in [3.8, 4) is 0 Å². The van der Waals surface area contributed by atoms with Crippen molar-refractivity contribution in [1.29, 1.82) is 0 Å². The maximum Gasteiger partial charge on any atom is 0.275 e. The van der Waals surface area contributed by atoms with Crippen LogP contribution in [-0.4, -0.2) is 44.3 Å². The van der Waals surface area contributed by atoms with E-state index in [0.717, 1.165) is 12.6 Å². The number of rotatable bonds is 4. The van der Waals surface area contributed by atoms with Gasteiger partial charge in [-0.3, -0.25) is 9.59 Å². The lowest BCUT2D eigenvalue weighted by molar-refractivity contribution is -0.118. The molecule has 0 bridgehead atoms. The molecule has 0 aliphatic carbocycles. The van der Waals surface area contributed by atoms with Crippen LogP contribution in [0.5, 0.6) is 0 Å². The van der Waals surface area contributed by atoms with Crippen LogP contribution in [0.2, 0.25) is 0 Å². The lowest BCUT2D eigenvalue weighted by Gasteiger charge is -2.32. The highest BCUT2D eigenvalue weighted by Crippen LogP contribution is 2.27. The molecule has 9 heteroatoms. The summed E-state index contributed by atoms with van der Waals surface area (Å²) in [5.74, 6) is -2.34. The van der Waals surface area contributed by atoms with Crippen LogP contribution in [0.3, 0.4) is 0 Å². The van der Waals surface area contributed by atoms with Gasteiger partial charge in [0, 0.05) is 37.5 Å². The summed E-state index contributed by atoms with van der Waals surface area (Å²) in [6.07, 6.45) is 5.52. The number of imidazole rings is 1. The number of piperidine rings is 1. The van der Waals surface area contributed by atoms with E-state index in [9.17, 15) is 18.4 Å². The van der Waals surface area contributed by atoms with Crippen molar-refractivity contribution in [3.05, 3.63) is 47.8 Å². The number of aromatic nitrogens is 3. The summed E-state index contributed by atoms with van der Waals surface area (Å²) < 4.78 is 28.4. The maximum atomic E-state index is 13.8. The van der Waals surface area contributed by atoms with E-state index in [1.165, 1.54) is 4.90 Å². The number of nitrogens with two attached hydrogens (primary N) is 1. The van der Waals surface area contributed by atoms with E-state index in [1.54, 1.807) is 17.0 Å². The lowest BCUT2D eigenvalue weighted by Crippen LogP contribution is -2.40. The number of carbonyl (C=O) groups is 2. The van der Waals surface area contributed by atoms with Gasteiger partial charge < -0.3 is 15.2 Å². The van der Waals surface area contributed by atoms with E-state index in [4.69, 9.17) is 5.73 Å². The van der Waals surface area contributed by atoms with Gasteiger partial charge in [-0.2, -0.15) is 0 Å². The molecule has 2 N–H and O–H groups in total. The van der Waals surface area contributed by atoms with E-state index in [2.05, 4.69) is 9.97 Å². The predicted octanol–water partition coefficient (Wildman–Crippen LogP) is 1.06. The van der Waals surface area contributed by atoms with Crippen LogP contribution in [0.15, 0.2) is 24.7 Å². The Hall–Kier alpha value is -2.84. The zero-order valence-corrected chi connectivity index (χ0v) is 13.4. The molecule has 7 nitrogen and oxygen atoms in total. The summed E-state index contributed by atoms with van der Waals surface area (Å²) in [5.41, 5.74) is 4.83. The minimum atomic E-state index is -0.984. The molecule has 2 aromatic rings. The van der Waals surface area contributed by atoms with Gasteiger partial charge in [0.2, 0.25) is 5.91 Å². The minimum absolute atomic E-state index is 0.00786. The molecular weight excluding hydrogens is 332 g/mol. The molecule has 1 saturated heterocycles. The monoisotopic (exact) mass is 349 g/mol. The van der Waals surface area contributed by atoms with E-state index in [0.29, 0.717) is 31.4 Å². The fraction of sp³-hybridized carbons (Fsp3) is 0.375. The molecule has 1 aliphatic heterocycles. The molecule has 3 heterocycles. The zero-order valence-electron chi connectivity index (χ0n) is 13.4. The largest absolute Gasteiger partial charge is 0.368 e. The van der Waals surface area contributed by atoms with Gasteiger partial charge in [-0.15, -0.1) is 0 Å². The first-order valence-electron chi connectivity index (χ1n) is 7.85. The van der Waals surface area contributed by atoms with Gasteiger partial charge in [0.25, 0.3) is 5.91 Å². The Labute approximate surface area is 142 Å². The standard InChI is InChI=1S/C16H17F2N5O2/c17-11-6-12(18)14(21-7-11)16(25)23-4-1-2-10(8-23)15-20-3-5-22(15)9-13(19)24/h3,5-7,10H,1-2,4,8-9H2,(H2,19,24)/t10-/m0/s1. The SMILES string of the molecule is NC(=O)Cn1ccnc1[C@H]1CCCN(C(=O)c2ncc(F)cc2F)C1. The molecule has 2 amide bonds. The first-order valence-corrected chi connectivity index (χ1v) is 7.85. The number of primary amides is 1. The van der Waals surface area contributed by atoms with Gasteiger partial charge in [0.15, 0.2) is 11.5 Å². The topological polar surface area (TPSA) is 94.1 Å². The third-order valence-corrected chi connectivity index (χ3v) is 4.16. The van der Waals surface area contributed by atoms with E-state index in [-0.39, 0.29) is 12.5 Å². The van der Waals surface area contributed by atoms with E-state index >= 15 is 0 Å². The fourth-order valence-corrected chi connectivity index (χ4v) is 3.08. The molecule has 0 radical (unpaired) electrons. The second kappa shape index (κ2) is 6.96. The smallest absolute Gasteiger partial charge is 0.275 e. The first kappa shape index (κ1) is 17.0. The van der Waals surface area contributed by atoms with Crippen molar-refractivity contribution in [1.82, 2.24) is 19.4 Å². The van der Waals surface area contributed by atoms with Crippen LogP contribution in [-0.2, 0) is 11.3 Å². The van der Waals surface area contributed by atoms with E-state index in [1.807, 2.05) is 0 Å². The lowest BCUT2D eigenvalue weighted by atomic mass is 9.96. The minimum Gasteiger partial charge on any atom is -0.368 e. The predicted molar refractivity (Wildman–Crippen MR) is 83.5 cm³/mol. The molecule has 0 saturated carbocycles. The normalized spacial score (nSPS) is 17.5. The summed E-state index contributed by atoms with van der Waals surface area (Å²) in [5, 5.41) is 0. The number of halogens is 2. The highest BCUT2D eigenvalue weighted by atomic mass is 19.1. The number of amides is 2. The van der Waals surface area contributed by atoms with Crippen LogP contribution < -0.4 is 5.73 Å². The number of pyridine rings is 1. The van der Waals surface area contributed by atoms with Crippen molar-refractivity contribution in [2.24, 2.45) is 5.73 Å². The van der Waals surface area contributed by atoms with Crippen LogP contribution in [0.1, 0.15) is 35.1 Å². The van der Waals surface area contributed by atoms with Crippen molar-refractivity contribution >= 4 is 11.8 Å². The molecule has 1 aliphatic rings. The first-order chi connectivity index (χ1) is 12.0. The van der Waals surface area contributed by atoms with Crippen molar-refractivity contribution in [3.63, 3.8) is 0 Å². The zero-order chi connectivity index (χ0) is 18.0. The number of carbonyl (C=O) groups excluding carboxylic acids is 2. The Balaban J connectivity index is 1.78. The Morgan fingerprint density at radius 3 is 2.84 bits per heavy atom. The average molecular weight is 349 g/mol. The van der Waals surface area contributed by atoms with Gasteiger partial charge in [-0.05, 0) is 12.8 Å². The van der Waals surface area contributed by atoms with E-state index < -0.39 is 29.1 Å². The molecule has 0 unspecified atom stereocenters. The molecule has 1 atom stereocenters. The Morgan fingerprint density at radius 1 is 1.32 bits per heavy atom. The molecule has 25 heavy (non-hydrogen) atoms. The van der Waals surface area contributed by atoms with Crippen LogP contribution in [0, 0.1) is 11.6 Å². The second-order valence-corrected chi connectivity index (χ2v) is 5.95. The molecule has 132 valence electrons. The summed E-state index contributed by atoms with van der Waals surface area (Å²) in [7, 11) is 0. The Morgan fingerprint density at radius 2 is 2.12 bits per heavy atom. The fourth-order valence-electron chi connectivity index (χ4n) is 3.08. The summed E-state index contributed by atoms with van der Waals surface area (Å²) in [6, 6.07) is 0.640. The highest BCUT2D eigenvalue weighted by molar-refractivity contribution is 5.92. The van der Waals surface area contributed by atoms with Crippen molar-refractivity contribution in [2.75, 3.05) is 13.1 Å². The molecule has 2 aromatic heterocycles. The second-order valence-electron chi connectivity index (χ2n) is 5.95. The van der Waals surface area contributed by atoms with Gasteiger partial charge in [0.05, 0.1) is 6.20 Å². The van der Waals surface area contributed by atoms with Crippen LogP contribution in [0.4, 0.5) is 8.78 Å². The van der Waals surface area contributed by atoms with Gasteiger partial charge in [-0.25, -0.2) is 18.7 Å². The third-order valence-electron chi connectivity index (χ3n) is 4.16. The Kier molecular flexibility index (Phi) is 4.73. The molecule has 3 rings (SSSR count). The van der Waals surface area contributed by atoms with Gasteiger partial charge >= 0.3 is 0 Å². The quantitative estimate of drug-likeness (QED) is 0.893. The number of hydrogen-bond donors (Lipinski definition) is 1. The maximum absolute atomic E-state index is 13.8. The number of hydrogen-bond acceptors (Lipinski definition) is 4. The highest BCUT2D eigenvalue weighted by Gasteiger charge is 2.30. The molecular formula is C16H17F2N5O2. The molecule has 1 fully saturated rings. The average Bonchev–Trinajstić information content (AvgIpc) is 3.02. The summed E-state index contributed by atoms with van der Waals surface area (Å²) in [6.45, 7) is 0.769. The van der Waals surface area contributed by atoms with Gasteiger partial charge in [0.1, 0.15) is 18.2 Å². The third kappa shape index (κ3) is 3.65. The van der Waals surface area contributed by atoms with Crippen LogP contribution in [0.25, 0.3) is 0 Å². The van der Waals surface area contributed by atoms with Gasteiger partial charge in [-0.1, -0.05) is 0 Å². The Bertz CT molecular complexity index is 808.